The van der Waals surface area contributed by atoms with Gasteiger partial charge in [-0.05, 0) is 67.8 Å². The molecule has 0 saturated carbocycles. The van der Waals surface area contributed by atoms with Crippen LogP contribution in [0, 0.1) is 6.92 Å². The number of aromatic nitrogens is 2. The van der Waals surface area contributed by atoms with E-state index in [0.29, 0.717) is 24.5 Å². The lowest BCUT2D eigenvalue weighted by atomic mass is 10.1. The first kappa shape index (κ1) is 20.3. The fourth-order valence-corrected chi connectivity index (χ4v) is 3.10. The van der Waals surface area contributed by atoms with E-state index in [1.54, 1.807) is 13.2 Å². The zero-order valence-electron chi connectivity index (χ0n) is 17.1. The maximum absolute atomic E-state index is 12.4. The van der Waals surface area contributed by atoms with E-state index in [4.69, 9.17) is 4.74 Å². The maximum Gasteiger partial charge on any atom is 0.271 e. The van der Waals surface area contributed by atoms with E-state index in [1.165, 1.54) is 5.56 Å². The van der Waals surface area contributed by atoms with E-state index in [2.05, 4.69) is 46.4 Å². The number of anilines is 2. The van der Waals surface area contributed by atoms with Crippen molar-refractivity contribution in [3.63, 3.8) is 0 Å². The zero-order valence-corrected chi connectivity index (χ0v) is 17.1. The molecule has 0 fully saturated rings. The number of nitrogens with one attached hydrogen (secondary N) is 1. The van der Waals surface area contributed by atoms with Crippen LogP contribution < -0.4 is 15.0 Å². The van der Waals surface area contributed by atoms with Crippen molar-refractivity contribution in [1.29, 1.82) is 0 Å². The summed E-state index contributed by atoms with van der Waals surface area (Å²) in [7, 11) is 1.64. The molecule has 29 heavy (non-hydrogen) atoms. The van der Waals surface area contributed by atoms with Crippen molar-refractivity contribution in [2.45, 2.75) is 20.3 Å². The van der Waals surface area contributed by atoms with E-state index in [-0.39, 0.29) is 5.91 Å². The van der Waals surface area contributed by atoms with Gasteiger partial charge in [-0.25, -0.2) is 0 Å². The number of methoxy groups -OCH3 is 1. The zero-order chi connectivity index (χ0) is 20.6. The van der Waals surface area contributed by atoms with Crippen LogP contribution in [0.3, 0.4) is 0 Å². The number of carbonyl (C=O) groups excluding carboxylic acids is 1. The molecule has 6 nitrogen and oxygen atoms in total. The van der Waals surface area contributed by atoms with Gasteiger partial charge in [0.25, 0.3) is 5.91 Å². The normalized spacial score (nSPS) is 10.4. The van der Waals surface area contributed by atoms with E-state index >= 15 is 0 Å². The fraction of sp³-hybridized carbons (Fsp3) is 0.261. The molecular formula is C23H26N4O2. The molecule has 150 valence electrons. The van der Waals surface area contributed by atoms with Crippen LogP contribution in [-0.4, -0.2) is 36.3 Å². The molecule has 0 aliphatic carbocycles. The quantitative estimate of drug-likeness (QED) is 0.631. The molecule has 0 spiro atoms. The second-order valence-electron chi connectivity index (χ2n) is 6.72. The van der Waals surface area contributed by atoms with Crippen LogP contribution in [0.5, 0.6) is 5.75 Å². The first-order chi connectivity index (χ1) is 14.1. The third kappa shape index (κ3) is 5.31. The number of amides is 1. The third-order valence-corrected chi connectivity index (χ3v) is 4.62. The topological polar surface area (TPSA) is 67.4 Å². The minimum atomic E-state index is -0.231. The molecule has 6 heteroatoms. The molecule has 1 N–H and O–H groups in total. The summed E-state index contributed by atoms with van der Waals surface area (Å²) in [5.41, 5.74) is 3.64. The Morgan fingerprint density at radius 2 is 1.90 bits per heavy atom. The first-order valence-corrected chi connectivity index (χ1v) is 9.69. The Morgan fingerprint density at radius 3 is 2.59 bits per heavy atom. The summed E-state index contributed by atoms with van der Waals surface area (Å²) in [4.78, 5) is 14.4. The summed E-state index contributed by atoms with van der Waals surface area (Å²) in [5, 5.41) is 11.3. The van der Waals surface area contributed by atoms with Crippen LogP contribution in [0.25, 0.3) is 0 Å². The Balaban J connectivity index is 1.60. The second-order valence-corrected chi connectivity index (χ2v) is 6.72. The summed E-state index contributed by atoms with van der Waals surface area (Å²) >= 11 is 0. The van der Waals surface area contributed by atoms with Crippen LogP contribution in [-0.2, 0) is 6.42 Å². The van der Waals surface area contributed by atoms with Crippen molar-refractivity contribution < 1.29 is 9.53 Å². The number of nitrogens with zero attached hydrogens (tertiary/aromatic N) is 3. The Morgan fingerprint density at radius 1 is 1.07 bits per heavy atom. The second kappa shape index (κ2) is 9.68. The van der Waals surface area contributed by atoms with Gasteiger partial charge in [-0.2, -0.15) is 0 Å². The van der Waals surface area contributed by atoms with Gasteiger partial charge in [0.2, 0.25) is 0 Å². The number of hydrogen-bond acceptors (Lipinski definition) is 5. The summed E-state index contributed by atoms with van der Waals surface area (Å²) in [5.74, 6) is 1.29. The van der Waals surface area contributed by atoms with E-state index in [1.807, 2.05) is 42.5 Å². The highest BCUT2D eigenvalue weighted by molar-refractivity contribution is 5.92. The van der Waals surface area contributed by atoms with Crippen LogP contribution in [0.1, 0.15) is 28.5 Å². The van der Waals surface area contributed by atoms with E-state index in [9.17, 15) is 4.79 Å². The van der Waals surface area contributed by atoms with E-state index in [0.717, 1.165) is 23.5 Å². The number of aryl methyl sites for hydroxylation is 1. The van der Waals surface area contributed by atoms with Crippen LogP contribution in [0.4, 0.5) is 11.5 Å². The van der Waals surface area contributed by atoms with Gasteiger partial charge in [0, 0.05) is 18.8 Å². The Kier molecular flexibility index (Phi) is 6.79. The molecule has 1 heterocycles. The fourth-order valence-electron chi connectivity index (χ4n) is 3.10. The Labute approximate surface area is 171 Å². The number of rotatable bonds is 8. The van der Waals surface area contributed by atoms with Gasteiger partial charge in [0.1, 0.15) is 5.75 Å². The smallest absolute Gasteiger partial charge is 0.271 e. The molecule has 3 aromatic rings. The number of hydrogen-bond donors (Lipinski definition) is 1. The molecular weight excluding hydrogens is 364 g/mol. The van der Waals surface area contributed by atoms with Crippen LogP contribution in [0.2, 0.25) is 0 Å². The molecule has 0 bridgehead atoms. The lowest BCUT2D eigenvalue weighted by Gasteiger charge is -2.22. The van der Waals surface area contributed by atoms with Crippen molar-refractivity contribution >= 4 is 17.4 Å². The Bertz CT molecular complexity index is 957. The lowest BCUT2D eigenvalue weighted by Crippen LogP contribution is -2.27. The highest BCUT2D eigenvalue weighted by atomic mass is 16.5. The molecule has 0 aliphatic rings. The summed E-state index contributed by atoms with van der Waals surface area (Å²) in [6.45, 7) is 5.38. The van der Waals surface area contributed by atoms with Crippen LogP contribution >= 0.6 is 0 Å². The van der Waals surface area contributed by atoms with Gasteiger partial charge in [0.15, 0.2) is 11.5 Å². The average molecular weight is 390 g/mol. The maximum atomic E-state index is 12.4. The van der Waals surface area contributed by atoms with Gasteiger partial charge < -0.3 is 15.0 Å². The van der Waals surface area contributed by atoms with Gasteiger partial charge in [-0.3, -0.25) is 4.79 Å². The van der Waals surface area contributed by atoms with Crippen molar-refractivity contribution in [2.24, 2.45) is 0 Å². The van der Waals surface area contributed by atoms with Crippen LogP contribution in [0.15, 0.2) is 60.7 Å². The lowest BCUT2D eigenvalue weighted by molar-refractivity contribution is 0.0948. The van der Waals surface area contributed by atoms with Crippen molar-refractivity contribution in [1.82, 2.24) is 15.5 Å². The van der Waals surface area contributed by atoms with Crippen molar-refractivity contribution in [3.8, 4) is 5.75 Å². The molecule has 0 saturated heterocycles. The summed E-state index contributed by atoms with van der Waals surface area (Å²) < 4.78 is 5.22. The molecule has 0 aliphatic heterocycles. The number of ether oxygens (including phenoxy) is 1. The summed E-state index contributed by atoms with van der Waals surface area (Å²) in [6.07, 6.45) is 0.714. The predicted molar refractivity (Wildman–Crippen MR) is 115 cm³/mol. The minimum Gasteiger partial charge on any atom is -0.497 e. The number of carbonyl (C=O) groups is 1. The monoisotopic (exact) mass is 390 g/mol. The molecule has 2 aromatic carbocycles. The number of benzene rings is 2. The average Bonchev–Trinajstić information content (AvgIpc) is 2.75. The molecule has 0 radical (unpaired) electrons. The van der Waals surface area contributed by atoms with Gasteiger partial charge in [-0.15, -0.1) is 10.2 Å². The standard InChI is InChI=1S/C23H26N4O2/c1-4-27(19-9-5-7-17(2)15-19)22-12-11-21(25-26-22)23(28)24-14-13-18-8-6-10-20(16-18)29-3/h5-12,15-16H,4,13-14H2,1-3H3,(H,24,28). The van der Waals surface area contributed by atoms with Crippen molar-refractivity contribution in [2.75, 3.05) is 25.1 Å². The summed E-state index contributed by atoms with van der Waals surface area (Å²) in [6, 6.07) is 19.6. The third-order valence-electron chi connectivity index (χ3n) is 4.62. The first-order valence-electron chi connectivity index (χ1n) is 9.69. The highest BCUT2D eigenvalue weighted by Crippen LogP contribution is 2.23. The Hall–Kier alpha value is -3.41. The molecule has 1 amide bonds. The van der Waals surface area contributed by atoms with Gasteiger partial charge >= 0.3 is 0 Å². The predicted octanol–water partition coefficient (Wildman–Crippen LogP) is 3.92. The molecule has 0 unspecified atom stereocenters. The minimum absolute atomic E-state index is 0.231. The largest absolute Gasteiger partial charge is 0.497 e. The molecule has 3 rings (SSSR count). The van der Waals surface area contributed by atoms with Gasteiger partial charge in [-0.1, -0.05) is 24.3 Å². The van der Waals surface area contributed by atoms with Gasteiger partial charge in [0.05, 0.1) is 7.11 Å². The van der Waals surface area contributed by atoms with Crippen molar-refractivity contribution in [3.05, 3.63) is 77.5 Å². The SMILES string of the molecule is CCN(c1cccc(C)c1)c1ccc(C(=O)NCCc2cccc(OC)c2)nn1. The highest BCUT2D eigenvalue weighted by Gasteiger charge is 2.12. The van der Waals surface area contributed by atoms with E-state index < -0.39 is 0 Å². The molecule has 1 aromatic heterocycles. The molecule has 0 atom stereocenters.